The lowest BCUT2D eigenvalue weighted by molar-refractivity contribution is -0.131. The van der Waals surface area contributed by atoms with Crippen molar-refractivity contribution in [3.8, 4) is 0 Å². The highest BCUT2D eigenvalue weighted by Crippen LogP contribution is 2.04. The van der Waals surface area contributed by atoms with E-state index in [0.29, 0.717) is 0 Å². The van der Waals surface area contributed by atoms with Gasteiger partial charge >= 0.3 is 5.97 Å². The molecule has 0 bridgehead atoms. The van der Waals surface area contributed by atoms with E-state index in [1.807, 2.05) is 23.9 Å². The molecule has 0 radical (unpaired) electrons. The van der Waals surface area contributed by atoms with Gasteiger partial charge in [-0.2, -0.15) is 0 Å². The third-order valence-corrected chi connectivity index (χ3v) is 4.98. The maximum atomic E-state index is 10.4. The monoisotopic (exact) mass is 206 g/mol. The summed E-state index contributed by atoms with van der Waals surface area (Å²) in [6, 6.07) is 10.0. The van der Waals surface area contributed by atoms with Crippen LogP contribution in [-0.2, 0) is 4.79 Å². The van der Waals surface area contributed by atoms with Gasteiger partial charge in [-0.1, -0.05) is 54.3 Å². The van der Waals surface area contributed by atoms with Gasteiger partial charge in [0.05, 0.1) is 0 Å². The van der Waals surface area contributed by atoms with Gasteiger partial charge in [-0.3, -0.25) is 0 Å². The summed E-state index contributed by atoms with van der Waals surface area (Å²) in [6.45, 7) is 4.25. The molecule has 14 heavy (non-hydrogen) atoms. The van der Waals surface area contributed by atoms with Crippen LogP contribution in [0.4, 0.5) is 0 Å². The predicted octanol–water partition coefficient (Wildman–Crippen LogP) is 1.78. The van der Waals surface area contributed by atoms with E-state index in [4.69, 9.17) is 5.11 Å². The number of aliphatic carboxylic acids is 1. The lowest BCUT2D eigenvalue weighted by atomic mass is 10.4. The molecule has 0 spiro atoms. The van der Waals surface area contributed by atoms with E-state index >= 15 is 0 Å². The summed E-state index contributed by atoms with van der Waals surface area (Å²) in [6.07, 6.45) is 1.25. The molecule has 0 saturated carbocycles. The van der Waals surface area contributed by atoms with Crippen molar-refractivity contribution in [2.75, 3.05) is 0 Å². The van der Waals surface area contributed by atoms with Crippen molar-refractivity contribution in [2.24, 2.45) is 0 Å². The first-order chi connectivity index (χ1) is 6.52. The maximum absolute atomic E-state index is 10.4. The molecular weight excluding hydrogens is 192 g/mol. The molecule has 1 rings (SSSR count). The summed E-state index contributed by atoms with van der Waals surface area (Å²) >= 11 is 0. The quantitative estimate of drug-likeness (QED) is 0.604. The second-order valence-electron chi connectivity index (χ2n) is 3.76. The molecule has 0 aliphatic rings. The summed E-state index contributed by atoms with van der Waals surface area (Å²) in [4.78, 5) is 10.4. The van der Waals surface area contributed by atoms with Crippen LogP contribution in [0.2, 0.25) is 13.1 Å². The van der Waals surface area contributed by atoms with Crippen LogP contribution < -0.4 is 5.19 Å². The zero-order chi connectivity index (χ0) is 10.6. The van der Waals surface area contributed by atoms with Crippen LogP contribution in [0.15, 0.2) is 42.1 Å². The Kier molecular flexibility index (Phi) is 3.25. The highest BCUT2D eigenvalue weighted by atomic mass is 28.3. The molecule has 0 unspecified atom stereocenters. The second kappa shape index (κ2) is 4.24. The maximum Gasteiger partial charge on any atom is 0.327 e. The van der Waals surface area contributed by atoms with E-state index in [1.165, 1.54) is 11.3 Å². The number of hydrogen-bond acceptors (Lipinski definition) is 1. The molecule has 0 amide bonds. The largest absolute Gasteiger partial charge is 0.478 e. The number of carboxylic acids is 1. The summed E-state index contributed by atoms with van der Waals surface area (Å²) in [5.74, 6) is -0.874. The fourth-order valence-electron chi connectivity index (χ4n) is 1.24. The van der Waals surface area contributed by atoms with Gasteiger partial charge in [0.2, 0.25) is 0 Å². The molecule has 0 aliphatic heterocycles. The Morgan fingerprint density at radius 2 is 1.86 bits per heavy atom. The molecule has 0 aliphatic carbocycles. The van der Waals surface area contributed by atoms with E-state index < -0.39 is 14.0 Å². The zero-order valence-electron chi connectivity index (χ0n) is 8.40. The van der Waals surface area contributed by atoms with Crippen LogP contribution in [0.3, 0.4) is 0 Å². The Hall–Kier alpha value is -1.35. The van der Waals surface area contributed by atoms with Crippen LogP contribution >= 0.6 is 0 Å². The first kappa shape index (κ1) is 10.7. The smallest absolute Gasteiger partial charge is 0.327 e. The van der Waals surface area contributed by atoms with Crippen molar-refractivity contribution >= 4 is 19.2 Å². The molecule has 1 aromatic rings. The number of carboxylic acid groups (broad SMARTS) is 1. The van der Waals surface area contributed by atoms with Crippen LogP contribution in [0, 0.1) is 0 Å². The van der Waals surface area contributed by atoms with Crippen molar-refractivity contribution in [1.82, 2.24) is 0 Å². The summed E-state index contributed by atoms with van der Waals surface area (Å²) < 4.78 is 0. The second-order valence-corrected chi connectivity index (χ2v) is 8.11. The van der Waals surface area contributed by atoms with Crippen LogP contribution in [0.5, 0.6) is 0 Å². The van der Waals surface area contributed by atoms with Crippen LogP contribution in [0.1, 0.15) is 0 Å². The Labute approximate surface area is 84.9 Å². The molecule has 0 atom stereocenters. The van der Waals surface area contributed by atoms with Crippen LogP contribution in [0.25, 0.3) is 0 Å². The molecule has 0 fully saturated rings. The minimum atomic E-state index is -1.70. The lowest BCUT2D eigenvalue weighted by Gasteiger charge is -2.17. The zero-order valence-corrected chi connectivity index (χ0v) is 9.40. The van der Waals surface area contributed by atoms with E-state index in [1.54, 1.807) is 0 Å². The van der Waals surface area contributed by atoms with Gasteiger partial charge in [-0.05, 0) is 0 Å². The van der Waals surface area contributed by atoms with Gasteiger partial charge in [-0.15, -0.1) is 0 Å². The van der Waals surface area contributed by atoms with E-state index in [9.17, 15) is 4.79 Å². The van der Waals surface area contributed by atoms with Crippen molar-refractivity contribution in [3.63, 3.8) is 0 Å². The highest BCUT2D eigenvalue weighted by molar-refractivity contribution is 6.94. The van der Waals surface area contributed by atoms with Crippen molar-refractivity contribution < 1.29 is 9.90 Å². The number of rotatable bonds is 3. The Morgan fingerprint density at radius 1 is 1.29 bits per heavy atom. The fourth-order valence-corrected chi connectivity index (χ4v) is 3.05. The first-order valence-corrected chi connectivity index (χ1v) is 7.58. The van der Waals surface area contributed by atoms with E-state index in [0.717, 1.165) is 0 Å². The Balaban J connectivity index is 2.91. The summed E-state index contributed by atoms with van der Waals surface area (Å²) in [7, 11) is -1.70. The van der Waals surface area contributed by atoms with Gasteiger partial charge in [-0.25, -0.2) is 4.79 Å². The molecule has 74 valence electrons. The summed E-state index contributed by atoms with van der Waals surface area (Å²) in [5, 5.41) is 9.81. The fraction of sp³-hybridized carbons (Fsp3) is 0.182. The Morgan fingerprint density at radius 3 is 2.36 bits per heavy atom. The van der Waals surface area contributed by atoms with Gasteiger partial charge in [0, 0.05) is 6.08 Å². The number of carbonyl (C=O) groups is 1. The predicted molar refractivity (Wildman–Crippen MR) is 60.3 cm³/mol. The van der Waals surface area contributed by atoms with Gasteiger partial charge < -0.3 is 5.11 Å². The minimum Gasteiger partial charge on any atom is -0.478 e. The average Bonchev–Trinajstić information content (AvgIpc) is 2.16. The molecule has 1 N–H and O–H groups in total. The van der Waals surface area contributed by atoms with Crippen molar-refractivity contribution in [3.05, 3.63) is 42.1 Å². The average molecular weight is 206 g/mol. The van der Waals surface area contributed by atoms with E-state index in [-0.39, 0.29) is 0 Å². The molecule has 0 saturated heterocycles. The van der Waals surface area contributed by atoms with Crippen molar-refractivity contribution in [1.29, 1.82) is 0 Å². The molecular formula is C11H14O2Si. The third kappa shape index (κ3) is 2.85. The topological polar surface area (TPSA) is 37.3 Å². The standard InChI is InChI=1S/C11H14O2Si/c1-14(2,9-8-11(12)13)10-6-4-3-5-7-10/h3-9H,1-2H3,(H,12,13). The Bertz CT molecular complexity index is 342. The van der Waals surface area contributed by atoms with Gasteiger partial charge in [0.15, 0.2) is 0 Å². The number of hydrogen-bond donors (Lipinski definition) is 1. The molecule has 0 heterocycles. The molecule has 1 aromatic carbocycles. The molecule has 3 heteroatoms. The first-order valence-electron chi connectivity index (χ1n) is 4.50. The SMILES string of the molecule is C[Si](C)(C=CC(=O)O)c1ccccc1. The number of benzene rings is 1. The highest BCUT2D eigenvalue weighted by Gasteiger charge is 2.19. The lowest BCUT2D eigenvalue weighted by Crippen LogP contribution is -2.39. The summed E-state index contributed by atoms with van der Waals surface area (Å²) in [5.41, 5.74) is 1.84. The van der Waals surface area contributed by atoms with Crippen LogP contribution in [-0.4, -0.2) is 19.1 Å². The van der Waals surface area contributed by atoms with Gasteiger partial charge in [0.25, 0.3) is 0 Å². The molecule has 2 nitrogen and oxygen atoms in total. The third-order valence-electron chi connectivity index (χ3n) is 2.16. The minimum absolute atomic E-state index is 0.874. The van der Waals surface area contributed by atoms with Crippen molar-refractivity contribution in [2.45, 2.75) is 13.1 Å². The molecule has 0 aromatic heterocycles. The van der Waals surface area contributed by atoms with E-state index in [2.05, 4.69) is 25.2 Å². The van der Waals surface area contributed by atoms with Gasteiger partial charge in [0.1, 0.15) is 8.07 Å². The normalized spacial score (nSPS) is 11.9.